The van der Waals surface area contributed by atoms with Crippen LogP contribution in [0.5, 0.6) is 0 Å². The van der Waals surface area contributed by atoms with Crippen LogP contribution in [0.4, 0.5) is 0 Å². The smallest absolute Gasteiger partial charge is 0.326 e. The summed E-state index contributed by atoms with van der Waals surface area (Å²) >= 11 is 0. The summed E-state index contributed by atoms with van der Waals surface area (Å²) in [6.45, 7) is 1.70. The summed E-state index contributed by atoms with van der Waals surface area (Å²) in [5, 5.41) is 13.1. The molecular formula is C17H18N2O4. The van der Waals surface area contributed by atoms with Crippen molar-refractivity contribution in [3.63, 3.8) is 0 Å². The molecule has 1 atom stereocenters. The molecule has 1 aromatic carbocycles. The lowest BCUT2D eigenvalue weighted by atomic mass is 10.1. The third kappa shape index (κ3) is 3.41. The molecule has 1 heterocycles. The summed E-state index contributed by atoms with van der Waals surface area (Å²) in [5.74, 6) is -0.431. The minimum Gasteiger partial charge on any atom is -0.480 e. The first-order chi connectivity index (χ1) is 11.1. The maximum Gasteiger partial charge on any atom is 0.326 e. The van der Waals surface area contributed by atoms with Crippen LogP contribution in [0.1, 0.15) is 47.5 Å². The number of aromatic nitrogens is 1. The molecule has 0 bridgehead atoms. The summed E-state index contributed by atoms with van der Waals surface area (Å²) in [4.78, 5) is 25.3. The Labute approximate surface area is 133 Å². The number of hydrogen-bond acceptors (Lipinski definition) is 4. The number of carbonyl (C=O) groups is 2. The zero-order chi connectivity index (χ0) is 16.4. The van der Waals surface area contributed by atoms with Crippen LogP contribution in [0.25, 0.3) is 0 Å². The lowest BCUT2D eigenvalue weighted by Crippen LogP contribution is -2.42. The molecule has 6 heteroatoms. The van der Waals surface area contributed by atoms with E-state index in [0.29, 0.717) is 11.7 Å². The Hall–Kier alpha value is -2.63. The second-order valence-electron chi connectivity index (χ2n) is 5.82. The summed E-state index contributed by atoms with van der Waals surface area (Å²) in [6, 6.07) is 9.96. The molecule has 0 radical (unpaired) electrons. The topological polar surface area (TPSA) is 83.6 Å². The molecule has 1 aromatic heterocycles. The van der Waals surface area contributed by atoms with Crippen molar-refractivity contribution >= 4 is 11.9 Å². The molecule has 6 nitrogen and oxygen atoms in total. The highest BCUT2D eigenvalue weighted by atomic mass is 16.5. The van der Waals surface area contributed by atoms with Crippen LogP contribution >= 0.6 is 0 Å². The van der Waals surface area contributed by atoms with Gasteiger partial charge in [0, 0.05) is 18.5 Å². The largest absolute Gasteiger partial charge is 0.480 e. The van der Waals surface area contributed by atoms with Gasteiger partial charge in [0.2, 0.25) is 0 Å². The van der Waals surface area contributed by atoms with Crippen molar-refractivity contribution in [2.45, 2.75) is 38.3 Å². The summed E-state index contributed by atoms with van der Waals surface area (Å²) < 4.78 is 5.21. The molecule has 1 N–H and O–H groups in total. The van der Waals surface area contributed by atoms with Gasteiger partial charge in [-0.25, -0.2) is 4.79 Å². The minimum atomic E-state index is -1.06. The van der Waals surface area contributed by atoms with E-state index in [-0.39, 0.29) is 12.2 Å². The van der Waals surface area contributed by atoms with Gasteiger partial charge in [0.05, 0.1) is 0 Å². The summed E-state index contributed by atoms with van der Waals surface area (Å²) in [6.07, 6.45) is 2.09. The number of hydrogen-bond donors (Lipinski definition) is 1. The van der Waals surface area contributed by atoms with Crippen LogP contribution in [-0.2, 0) is 11.3 Å². The number of carboxylic acid groups (broad SMARTS) is 1. The first-order valence-electron chi connectivity index (χ1n) is 7.60. The van der Waals surface area contributed by atoms with Crippen LogP contribution in [-0.4, -0.2) is 33.1 Å². The van der Waals surface area contributed by atoms with E-state index >= 15 is 0 Å². The van der Waals surface area contributed by atoms with Crippen molar-refractivity contribution < 1.29 is 19.2 Å². The number of carboxylic acids is 1. The standard InChI is InChI=1S/C17H18N2O4/c1-11(17(21)22)19(10-12-5-3-2-4-6-12)16(20)14-9-15(23-18-14)13-7-8-13/h2-6,9,11,13H,7-8,10H2,1H3,(H,21,22)/t11-/m0/s1. The van der Waals surface area contributed by atoms with Crippen LogP contribution in [0.2, 0.25) is 0 Å². The summed E-state index contributed by atoms with van der Waals surface area (Å²) in [5.41, 5.74) is 1.02. The zero-order valence-corrected chi connectivity index (χ0v) is 12.8. The van der Waals surface area contributed by atoms with E-state index in [1.54, 1.807) is 6.07 Å². The molecule has 1 saturated carbocycles. The number of amides is 1. The Bertz CT molecular complexity index is 706. The SMILES string of the molecule is C[C@@H](C(=O)O)N(Cc1ccccc1)C(=O)c1cc(C2CC2)on1. The predicted molar refractivity (Wildman–Crippen MR) is 81.9 cm³/mol. The molecular weight excluding hydrogens is 296 g/mol. The first-order valence-corrected chi connectivity index (χ1v) is 7.60. The van der Waals surface area contributed by atoms with Crippen molar-refractivity contribution in [3.05, 3.63) is 53.4 Å². The van der Waals surface area contributed by atoms with E-state index in [1.165, 1.54) is 11.8 Å². The van der Waals surface area contributed by atoms with E-state index in [0.717, 1.165) is 18.4 Å². The highest BCUT2D eigenvalue weighted by Crippen LogP contribution is 2.40. The van der Waals surface area contributed by atoms with E-state index in [4.69, 9.17) is 4.52 Å². The molecule has 1 aliphatic rings. The van der Waals surface area contributed by atoms with Crippen LogP contribution in [0.15, 0.2) is 40.9 Å². The Morgan fingerprint density at radius 1 is 1.35 bits per heavy atom. The van der Waals surface area contributed by atoms with Crippen molar-refractivity contribution in [3.8, 4) is 0 Å². The average molecular weight is 314 g/mol. The monoisotopic (exact) mass is 314 g/mol. The molecule has 1 aliphatic carbocycles. The fourth-order valence-corrected chi connectivity index (χ4v) is 2.40. The van der Waals surface area contributed by atoms with Gasteiger partial charge in [-0.3, -0.25) is 4.79 Å². The normalized spacial score (nSPS) is 15.2. The molecule has 0 unspecified atom stereocenters. The molecule has 120 valence electrons. The average Bonchev–Trinajstić information content (AvgIpc) is 3.29. The van der Waals surface area contributed by atoms with Gasteiger partial charge in [0.1, 0.15) is 11.8 Å². The molecule has 1 fully saturated rings. The number of carbonyl (C=O) groups excluding carboxylic acids is 1. The van der Waals surface area contributed by atoms with Crippen molar-refractivity contribution in [2.75, 3.05) is 0 Å². The molecule has 0 aliphatic heterocycles. The second-order valence-corrected chi connectivity index (χ2v) is 5.82. The Balaban J connectivity index is 1.83. The van der Waals surface area contributed by atoms with Crippen molar-refractivity contribution in [1.29, 1.82) is 0 Å². The number of benzene rings is 1. The molecule has 2 aromatic rings. The first kappa shape index (κ1) is 15.3. The number of aliphatic carboxylic acids is 1. The van der Waals surface area contributed by atoms with Crippen LogP contribution in [0, 0.1) is 0 Å². The van der Waals surface area contributed by atoms with Crippen LogP contribution < -0.4 is 0 Å². The van der Waals surface area contributed by atoms with E-state index < -0.39 is 17.9 Å². The molecule has 23 heavy (non-hydrogen) atoms. The van der Waals surface area contributed by atoms with E-state index in [2.05, 4.69) is 5.16 Å². The van der Waals surface area contributed by atoms with Crippen molar-refractivity contribution in [1.82, 2.24) is 10.1 Å². The summed E-state index contributed by atoms with van der Waals surface area (Å²) in [7, 11) is 0. The Kier molecular flexibility index (Phi) is 4.14. The van der Waals surface area contributed by atoms with Gasteiger partial charge in [-0.1, -0.05) is 35.5 Å². The van der Waals surface area contributed by atoms with Crippen LogP contribution in [0.3, 0.4) is 0 Å². The van der Waals surface area contributed by atoms with E-state index in [9.17, 15) is 14.7 Å². The Morgan fingerprint density at radius 3 is 2.65 bits per heavy atom. The third-order valence-corrected chi connectivity index (χ3v) is 4.01. The number of nitrogens with zero attached hydrogens (tertiary/aromatic N) is 2. The van der Waals surface area contributed by atoms with Gasteiger partial charge in [0.15, 0.2) is 5.69 Å². The fourth-order valence-electron chi connectivity index (χ4n) is 2.40. The van der Waals surface area contributed by atoms with Gasteiger partial charge in [0.25, 0.3) is 5.91 Å². The molecule has 3 rings (SSSR count). The lowest BCUT2D eigenvalue weighted by molar-refractivity contribution is -0.141. The van der Waals surface area contributed by atoms with Gasteiger partial charge >= 0.3 is 5.97 Å². The van der Waals surface area contributed by atoms with Gasteiger partial charge < -0.3 is 14.5 Å². The molecule has 0 saturated heterocycles. The van der Waals surface area contributed by atoms with Crippen molar-refractivity contribution in [2.24, 2.45) is 0 Å². The highest BCUT2D eigenvalue weighted by molar-refractivity contribution is 5.94. The zero-order valence-electron chi connectivity index (χ0n) is 12.8. The maximum atomic E-state index is 12.7. The Morgan fingerprint density at radius 2 is 2.04 bits per heavy atom. The highest BCUT2D eigenvalue weighted by Gasteiger charge is 2.32. The molecule has 0 spiro atoms. The van der Waals surface area contributed by atoms with Gasteiger partial charge in [-0.15, -0.1) is 0 Å². The van der Waals surface area contributed by atoms with E-state index in [1.807, 2.05) is 30.3 Å². The number of rotatable bonds is 6. The maximum absolute atomic E-state index is 12.7. The van der Waals surface area contributed by atoms with Gasteiger partial charge in [-0.2, -0.15) is 0 Å². The molecule has 1 amide bonds. The fraction of sp³-hybridized carbons (Fsp3) is 0.353. The van der Waals surface area contributed by atoms with Gasteiger partial charge in [-0.05, 0) is 25.3 Å². The third-order valence-electron chi connectivity index (χ3n) is 4.01. The minimum absolute atomic E-state index is 0.163. The predicted octanol–water partition coefficient (Wildman–Crippen LogP) is 2.67. The lowest BCUT2D eigenvalue weighted by Gasteiger charge is -2.25. The second kappa shape index (κ2) is 6.24. The quantitative estimate of drug-likeness (QED) is 0.886.